The standard InChI is InChI=1S/C16H19N3O2/c1-19(2)16-9-12(17-11-18-16)7-8-13-10-20-14-5-3-4-6-15(14)21-13/h3-6,9,11,13H,7-8,10H2,1-2H3/t13-/m0/s1. The highest BCUT2D eigenvalue weighted by molar-refractivity contribution is 5.40. The lowest BCUT2D eigenvalue weighted by Crippen LogP contribution is -2.29. The normalized spacial score (nSPS) is 16.6. The zero-order valence-electron chi connectivity index (χ0n) is 12.3. The van der Waals surface area contributed by atoms with Gasteiger partial charge in [-0.2, -0.15) is 0 Å². The molecule has 2 heterocycles. The van der Waals surface area contributed by atoms with E-state index in [9.17, 15) is 0 Å². The lowest BCUT2D eigenvalue weighted by molar-refractivity contribution is 0.0849. The molecule has 1 aliphatic heterocycles. The SMILES string of the molecule is CN(C)c1cc(CC[C@H]2COc3ccccc3O2)ncn1. The van der Waals surface area contributed by atoms with Gasteiger partial charge in [0.15, 0.2) is 11.5 Å². The Bertz CT molecular complexity index is 616. The third kappa shape index (κ3) is 3.24. The maximum Gasteiger partial charge on any atom is 0.161 e. The van der Waals surface area contributed by atoms with E-state index in [0.717, 1.165) is 35.9 Å². The predicted molar refractivity (Wildman–Crippen MR) is 81.0 cm³/mol. The second-order valence-electron chi connectivity index (χ2n) is 5.30. The molecule has 0 fully saturated rings. The molecule has 0 spiro atoms. The fraction of sp³-hybridized carbons (Fsp3) is 0.375. The molecule has 5 nitrogen and oxygen atoms in total. The Morgan fingerprint density at radius 3 is 2.81 bits per heavy atom. The van der Waals surface area contributed by atoms with Gasteiger partial charge in [-0.25, -0.2) is 9.97 Å². The van der Waals surface area contributed by atoms with Crippen LogP contribution < -0.4 is 14.4 Å². The summed E-state index contributed by atoms with van der Waals surface area (Å²) in [6, 6.07) is 9.79. The van der Waals surface area contributed by atoms with Gasteiger partial charge in [0, 0.05) is 25.9 Å². The highest BCUT2D eigenvalue weighted by atomic mass is 16.6. The molecule has 0 radical (unpaired) electrons. The number of hydrogen-bond acceptors (Lipinski definition) is 5. The topological polar surface area (TPSA) is 47.5 Å². The number of para-hydroxylation sites is 2. The molecule has 0 saturated carbocycles. The molecular weight excluding hydrogens is 266 g/mol. The van der Waals surface area contributed by atoms with Crippen molar-refractivity contribution in [3.63, 3.8) is 0 Å². The zero-order valence-corrected chi connectivity index (χ0v) is 12.3. The Morgan fingerprint density at radius 1 is 1.19 bits per heavy atom. The van der Waals surface area contributed by atoms with Crippen molar-refractivity contribution in [3.8, 4) is 11.5 Å². The van der Waals surface area contributed by atoms with Gasteiger partial charge in [-0.3, -0.25) is 0 Å². The molecule has 0 amide bonds. The molecule has 110 valence electrons. The van der Waals surface area contributed by atoms with Crippen molar-refractivity contribution in [2.75, 3.05) is 25.6 Å². The minimum Gasteiger partial charge on any atom is -0.486 e. The summed E-state index contributed by atoms with van der Waals surface area (Å²) in [5.74, 6) is 2.57. The summed E-state index contributed by atoms with van der Waals surface area (Å²) in [6.45, 7) is 0.586. The van der Waals surface area contributed by atoms with E-state index in [1.807, 2.05) is 49.3 Å². The van der Waals surface area contributed by atoms with E-state index in [4.69, 9.17) is 9.47 Å². The molecule has 21 heavy (non-hydrogen) atoms. The molecule has 0 bridgehead atoms. The lowest BCUT2D eigenvalue weighted by Gasteiger charge is -2.26. The van der Waals surface area contributed by atoms with E-state index in [1.54, 1.807) is 6.33 Å². The third-order valence-electron chi connectivity index (χ3n) is 3.46. The van der Waals surface area contributed by atoms with E-state index < -0.39 is 0 Å². The number of hydrogen-bond donors (Lipinski definition) is 0. The van der Waals surface area contributed by atoms with Crippen LogP contribution in [0.5, 0.6) is 11.5 Å². The van der Waals surface area contributed by atoms with E-state index in [0.29, 0.717) is 6.61 Å². The van der Waals surface area contributed by atoms with E-state index >= 15 is 0 Å². The monoisotopic (exact) mass is 285 g/mol. The van der Waals surface area contributed by atoms with Crippen molar-refractivity contribution in [2.24, 2.45) is 0 Å². The first kappa shape index (κ1) is 13.7. The van der Waals surface area contributed by atoms with Crippen LogP contribution in [0, 0.1) is 0 Å². The Balaban J connectivity index is 1.60. The number of ether oxygens (including phenoxy) is 2. The number of aromatic nitrogens is 2. The minimum atomic E-state index is 0.0673. The maximum absolute atomic E-state index is 5.95. The van der Waals surface area contributed by atoms with Crippen molar-refractivity contribution in [1.82, 2.24) is 9.97 Å². The number of benzene rings is 1. The second kappa shape index (κ2) is 5.99. The zero-order chi connectivity index (χ0) is 14.7. The van der Waals surface area contributed by atoms with Gasteiger partial charge < -0.3 is 14.4 Å². The van der Waals surface area contributed by atoms with Gasteiger partial charge in [-0.1, -0.05) is 12.1 Å². The molecule has 1 atom stereocenters. The molecule has 0 aliphatic carbocycles. The van der Waals surface area contributed by atoms with Gasteiger partial charge in [0.2, 0.25) is 0 Å². The van der Waals surface area contributed by atoms with Crippen LogP contribution in [0.15, 0.2) is 36.7 Å². The Labute approximate surface area is 124 Å². The maximum atomic E-state index is 5.95. The van der Waals surface area contributed by atoms with E-state index in [1.165, 1.54) is 0 Å². The average Bonchev–Trinajstić information content (AvgIpc) is 2.53. The Morgan fingerprint density at radius 2 is 2.00 bits per heavy atom. The van der Waals surface area contributed by atoms with Gasteiger partial charge in [-0.05, 0) is 25.0 Å². The van der Waals surface area contributed by atoms with Crippen LogP contribution in [0.1, 0.15) is 12.1 Å². The summed E-state index contributed by atoms with van der Waals surface area (Å²) in [7, 11) is 3.95. The molecule has 0 N–H and O–H groups in total. The number of nitrogens with zero attached hydrogens (tertiary/aromatic N) is 3. The Hall–Kier alpha value is -2.30. The quantitative estimate of drug-likeness (QED) is 0.862. The molecule has 1 aromatic heterocycles. The summed E-state index contributed by atoms with van der Waals surface area (Å²) in [6.07, 6.45) is 3.40. The number of aryl methyl sites for hydroxylation is 1. The smallest absolute Gasteiger partial charge is 0.161 e. The van der Waals surface area contributed by atoms with Gasteiger partial charge in [0.25, 0.3) is 0 Å². The van der Waals surface area contributed by atoms with Crippen LogP contribution in [0.25, 0.3) is 0 Å². The lowest BCUT2D eigenvalue weighted by atomic mass is 10.1. The van der Waals surface area contributed by atoms with Crippen molar-refractivity contribution < 1.29 is 9.47 Å². The van der Waals surface area contributed by atoms with Crippen LogP contribution in [-0.4, -0.2) is 36.8 Å². The van der Waals surface area contributed by atoms with Crippen LogP contribution in [-0.2, 0) is 6.42 Å². The number of fused-ring (bicyclic) bond motifs is 1. The second-order valence-corrected chi connectivity index (χ2v) is 5.30. The van der Waals surface area contributed by atoms with Crippen LogP contribution >= 0.6 is 0 Å². The highest BCUT2D eigenvalue weighted by Gasteiger charge is 2.20. The molecule has 0 saturated heterocycles. The van der Waals surface area contributed by atoms with Crippen molar-refractivity contribution in [3.05, 3.63) is 42.4 Å². The Kier molecular flexibility index (Phi) is 3.90. The first-order chi connectivity index (χ1) is 10.2. The van der Waals surface area contributed by atoms with Crippen LogP contribution in [0.2, 0.25) is 0 Å². The van der Waals surface area contributed by atoms with Gasteiger partial charge in [0.05, 0.1) is 0 Å². The molecule has 2 aromatic rings. The fourth-order valence-corrected chi connectivity index (χ4v) is 2.28. The van der Waals surface area contributed by atoms with Crippen molar-refractivity contribution >= 4 is 5.82 Å². The molecular formula is C16H19N3O2. The van der Waals surface area contributed by atoms with Crippen molar-refractivity contribution in [2.45, 2.75) is 18.9 Å². The van der Waals surface area contributed by atoms with E-state index in [-0.39, 0.29) is 6.10 Å². The molecule has 3 rings (SSSR count). The number of anilines is 1. The summed E-state index contributed by atoms with van der Waals surface area (Å²) in [5, 5.41) is 0. The van der Waals surface area contributed by atoms with Crippen LogP contribution in [0.4, 0.5) is 5.82 Å². The summed E-state index contributed by atoms with van der Waals surface area (Å²) < 4.78 is 11.7. The minimum absolute atomic E-state index is 0.0673. The van der Waals surface area contributed by atoms with Crippen molar-refractivity contribution in [1.29, 1.82) is 0 Å². The number of rotatable bonds is 4. The molecule has 1 aromatic carbocycles. The summed E-state index contributed by atoms with van der Waals surface area (Å²) in [5.41, 5.74) is 1.02. The average molecular weight is 285 g/mol. The highest BCUT2D eigenvalue weighted by Crippen LogP contribution is 2.31. The van der Waals surface area contributed by atoms with Gasteiger partial charge >= 0.3 is 0 Å². The fourth-order valence-electron chi connectivity index (χ4n) is 2.28. The van der Waals surface area contributed by atoms with Gasteiger partial charge in [-0.15, -0.1) is 0 Å². The van der Waals surface area contributed by atoms with E-state index in [2.05, 4.69) is 9.97 Å². The summed E-state index contributed by atoms with van der Waals surface area (Å²) >= 11 is 0. The largest absolute Gasteiger partial charge is 0.486 e. The first-order valence-corrected chi connectivity index (χ1v) is 7.09. The summed E-state index contributed by atoms with van der Waals surface area (Å²) in [4.78, 5) is 10.5. The molecule has 1 aliphatic rings. The first-order valence-electron chi connectivity index (χ1n) is 7.09. The third-order valence-corrected chi connectivity index (χ3v) is 3.46. The molecule has 5 heteroatoms. The van der Waals surface area contributed by atoms with Crippen LogP contribution in [0.3, 0.4) is 0 Å². The predicted octanol–water partition coefficient (Wildman–Crippen LogP) is 2.32. The molecule has 0 unspecified atom stereocenters. The van der Waals surface area contributed by atoms with Gasteiger partial charge in [0.1, 0.15) is 24.9 Å².